The molecule has 1 aliphatic heterocycles. The highest BCUT2D eigenvalue weighted by atomic mass is 16.2. The number of hydrogen-bond acceptors (Lipinski definition) is 5. The average Bonchev–Trinajstić information content (AvgIpc) is 3.26. The molecule has 8 heteroatoms. The number of nitrogens with one attached hydrogen (secondary N) is 2. The Morgan fingerprint density at radius 3 is 2.83 bits per heavy atom. The number of anilines is 1. The molecular formula is C15H18N6O2. The van der Waals surface area contributed by atoms with Gasteiger partial charge in [-0.1, -0.05) is 6.92 Å². The Hall–Kier alpha value is -2.77. The third kappa shape index (κ3) is 3.20. The van der Waals surface area contributed by atoms with Gasteiger partial charge in [-0.2, -0.15) is 5.21 Å². The molecule has 2 amide bonds. The molecule has 0 atom stereocenters. The van der Waals surface area contributed by atoms with E-state index in [1.165, 1.54) is 0 Å². The van der Waals surface area contributed by atoms with Crippen molar-refractivity contribution in [2.75, 3.05) is 18.4 Å². The minimum absolute atomic E-state index is 0.131. The Labute approximate surface area is 133 Å². The topological polar surface area (TPSA) is 104 Å². The highest BCUT2D eigenvalue weighted by Crippen LogP contribution is 2.16. The van der Waals surface area contributed by atoms with Crippen LogP contribution in [0.4, 0.5) is 5.82 Å². The second-order valence-corrected chi connectivity index (χ2v) is 5.38. The highest BCUT2D eigenvalue weighted by Gasteiger charge is 2.26. The number of likely N-dealkylation sites (tertiary alicyclic amines) is 1. The molecule has 0 bridgehead atoms. The van der Waals surface area contributed by atoms with Gasteiger partial charge in [0.2, 0.25) is 0 Å². The number of aryl methyl sites for hydroxylation is 1. The Morgan fingerprint density at radius 1 is 1.30 bits per heavy atom. The number of carbonyl (C=O) groups excluding carboxylic acids is 2. The molecule has 3 rings (SSSR count). The largest absolute Gasteiger partial charge is 0.337 e. The smallest absolute Gasteiger partial charge is 0.278 e. The molecule has 1 fully saturated rings. The summed E-state index contributed by atoms with van der Waals surface area (Å²) in [6, 6.07) is 3.58. The highest BCUT2D eigenvalue weighted by molar-refractivity contribution is 6.06. The summed E-state index contributed by atoms with van der Waals surface area (Å²) < 4.78 is 0. The fraction of sp³-hybridized carbons (Fsp3) is 0.400. The van der Waals surface area contributed by atoms with E-state index in [0.29, 0.717) is 13.1 Å². The standard InChI is InChI=1S/C15H18N6O2/c1-2-10-5-6-16-11(9-10)14(22)17-13-12(18-20-19-13)15(23)21-7-3-4-8-21/h5-6,9H,2-4,7-8H2,1H3,(H2,17,18,19,20,22). The van der Waals surface area contributed by atoms with E-state index in [2.05, 4.69) is 25.7 Å². The Kier molecular flexibility index (Phi) is 4.31. The summed E-state index contributed by atoms with van der Waals surface area (Å²) in [5, 5.41) is 12.8. The zero-order chi connectivity index (χ0) is 16.2. The summed E-state index contributed by atoms with van der Waals surface area (Å²) in [6.07, 6.45) is 4.37. The molecule has 2 aromatic rings. The predicted molar refractivity (Wildman–Crippen MR) is 83.1 cm³/mol. The van der Waals surface area contributed by atoms with Gasteiger partial charge in [-0.3, -0.25) is 14.6 Å². The molecule has 1 aliphatic rings. The number of amides is 2. The number of aromatic nitrogens is 4. The molecule has 120 valence electrons. The second-order valence-electron chi connectivity index (χ2n) is 5.38. The molecule has 23 heavy (non-hydrogen) atoms. The molecule has 3 heterocycles. The van der Waals surface area contributed by atoms with Crippen LogP contribution in [0.3, 0.4) is 0 Å². The van der Waals surface area contributed by atoms with Crippen molar-refractivity contribution in [3.05, 3.63) is 35.3 Å². The van der Waals surface area contributed by atoms with Crippen molar-refractivity contribution in [3.8, 4) is 0 Å². The van der Waals surface area contributed by atoms with Gasteiger partial charge in [0.25, 0.3) is 11.8 Å². The van der Waals surface area contributed by atoms with E-state index in [1.54, 1.807) is 17.2 Å². The van der Waals surface area contributed by atoms with Gasteiger partial charge in [0.15, 0.2) is 11.5 Å². The van der Waals surface area contributed by atoms with Crippen LogP contribution in [0.15, 0.2) is 18.3 Å². The molecule has 0 aliphatic carbocycles. The lowest BCUT2D eigenvalue weighted by molar-refractivity contribution is 0.0788. The molecule has 0 radical (unpaired) electrons. The van der Waals surface area contributed by atoms with Gasteiger partial charge in [-0.25, -0.2) is 0 Å². The summed E-state index contributed by atoms with van der Waals surface area (Å²) >= 11 is 0. The van der Waals surface area contributed by atoms with Gasteiger partial charge in [0, 0.05) is 19.3 Å². The van der Waals surface area contributed by atoms with Crippen molar-refractivity contribution in [2.45, 2.75) is 26.2 Å². The van der Waals surface area contributed by atoms with Crippen molar-refractivity contribution < 1.29 is 9.59 Å². The molecule has 0 spiro atoms. The van der Waals surface area contributed by atoms with E-state index in [0.717, 1.165) is 24.8 Å². The maximum absolute atomic E-state index is 12.4. The van der Waals surface area contributed by atoms with Crippen LogP contribution in [0.2, 0.25) is 0 Å². The Bertz CT molecular complexity index is 720. The van der Waals surface area contributed by atoms with Crippen LogP contribution in [0.1, 0.15) is 46.3 Å². The molecule has 0 saturated carbocycles. The molecule has 0 aromatic carbocycles. The lowest BCUT2D eigenvalue weighted by atomic mass is 10.2. The monoisotopic (exact) mass is 314 g/mol. The molecule has 2 N–H and O–H groups in total. The lowest BCUT2D eigenvalue weighted by Crippen LogP contribution is -2.29. The molecule has 2 aromatic heterocycles. The molecule has 0 unspecified atom stereocenters. The number of carbonyl (C=O) groups is 2. The maximum atomic E-state index is 12.4. The predicted octanol–water partition coefficient (Wildman–Crippen LogP) is 1.25. The summed E-state index contributed by atoms with van der Waals surface area (Å²) in [4.78, 5) is 30.4. The Morgan fingerprint density at radius 2 is 2.09 bits per heavy atom. The number of hydrogen-bond donors (Lipinski definition) is 2. The van der Waals surface area contributed by atoms with Crippen molar-refractivity contribution in [3.63, 3.8) is 0 Å². The van der Waals surface area contributed by atoms with Crippen molar-refractivity contribution in [1.29, 1.82) is 0 Å². The van der Waals surface area contributed by atoms with Crippen molar-refractivity contribution in [1.82, 2.24) is 25.3 Å². The first-order valence-corrected chi connectivity index (χ1v) is 7.65. The number of pyridine rings is 1. The van der Waals surface area contributed by atoms with Gasteiger partial charge in [0.1, 0.15) is 5.69 Å². The first-order chi connectivity index (χ1) is 11.2. The van der Waals surface area contributed by atoms with Crippen molar-refractivity contribution >= 4 is 17.6 Å². The number of aromatic amines is 1. The zero-order valence-corrected chi connectivity index (χ0v) is 12.9. The van der Waals surface area contributed by atoms with E-state index >= 15 is 0 Å². The van der Waals surface area contributed by atoms with E-state index < -0.39 is 5.91 Å². The maximum Gasteiger partial charge on any atom is 0.278 e. The summed E-state index contributed by atoms with van der Waals surface area (Å²) in [5.74, 6) is -0.498. The zero-order valence-electron chi connectivity index (χ0n) is 12.9. The lowest BCUT2D eigenvalue weighted by Gasteiger charge is -2.13. The van der Waals surface area contributed by atoms with Gasteiger partial charge in [-0.15, -0.1) is 10.2 Å². The average molecular weight is 314 g/mol. The van der Waals surface area contributed by atoms with Gasteiger partial charge >= 0.3 is 0 Å². The SMILES string of the molecule is CCc1ccnc(C(=O)Nc2n[nH]nc2C(=O)N2CCCC2)c1. The van der Waals surface area contributed by atoms with E-state index in [1.807, 2.05) is 13.0 Å². The van der Waals surface area contributed by atoms with E-state index in [9.17, 15) is 9.59 Å². The van der Waals surface area contributed by atoms with Crippen LogP contribution >= 0.6 is 0 Å². The second kappa shape index (κ2) is 6.55. The fourth-order valence-corrected chi connectivity index (χ4v) is 2.53. The first kappa shape index (κ1) is 15.1. The Balaban J connectivity index is 1.76. The number of rotatable bonds is 4. The summed E-state index contributed by atoms with van der Waals surface area (Å²) in [7, 11) is 0. The fourth-order valence-electron chi connectivity index (χ4n) is 2.53. The number of H-pyrrole nitrogens is 1. The summed E-state index contributed by atoms with van der Waals surface area (Å²) in [5.41, 5.74) is 1.43. The van der Waals surface area contributed by atoms with Crippen molar-refractivity contribution in [2.24, 2.45) is 0 Å². The van der Waals surface area contributed by atoms with Crippen LogP contribution in [-0.2, 0) is 6.42 Å². The number of nitrogens with zero attached hydrogens (tertiary/aromatic N) is 4. The first-order valence-electron chi connectivity index (χ1n) is 7.65. The van der Waals surface area contributed by atoms with Crippen LogP contribution in [0.25, 0.3) is 0 Å². The molecule has 8 nitrogen and oxygen atoms in total. The molecule has 1 saturated heterocycles. The van der Waals surface area contributed by atoms with Gasteiger partial charge in [-0.05, 0) is 37.0 Å². The van der Waals surface area contributed by atoms with Crippen LogP contribution < -0.4 is 5.32 Å². The van der Waals surface area contributed by atoms with Gasteiger partial charge < -0.3 is 10.2 Å². The molecular weight excluding hydrogens is 296 g/mol. The third-order valence-electron chi connectivity index (χ3n) is 3.84. The van der Waals surface area contributed by atoms with Gasteiger partial charge in [0.05, 0.1) is 0 Å². The minimum atomic E-state index is -0.412. The summed E-state index contributed by atoms with van der Waals surface area (Å²) in [6.45, 7) is 3.42. The quantitative estimate of drug-likeness (QED) is 0.884. The normalized spacial score (nSPS) is 14.0. The van der Waals surface area contributed by atoms with Crippen LogP contribution in [0, 0.1) is 0 Å². The van der Waals surface area contributed by atoms with E-state index in [4.69, 9.17) is 0 Å². The van der Waals surface area contributed by atoms with Crippen LogP contribution in [0.5, 0.6) is 0 Å². The minimum Gasteiger partial charge on any atom is -0.337 e. The van der Waals surface area contributed by atoms with E-state index in [-0.39, 0.29) is 23.1 Å². The third-order valence-corrected chi connectivity index (χ3v) is 3.84. The van der Waals surface area contributed by atoms with Crippen LogP contribution in [-0.4, -0.2) is 50.2 Å².